The number of amides is 2. The van der Waals surface area contributed by atoms with Crippen LogP contribution in [0.3, 0.4) is 0 Å². The van der Waals surface area contributed by atoms with Crippen LogP contribution in [0.2, 0.25) is 0 Å². The molecule has 24 heavy (non-hydrogen) atoms. The van der Waals surface area contributed by atoms with Gasteiger partial charge in [-0.05, 0) is 36.2 Å². The Hall–Kier alpha value is -2.56. The van der Waals surface area contributed by atoms with E-state index in [0.717, 1.165) is 30.0 Å². The summed E-state index contributed by atoms with van der Waals surface area (Å²) in [5, 5.41) is 2.16. The monoisotopic (exact) mass is 328 g/mol. The van der Waals surface area contributed by atoms with Crippen molar-refractivity contribution in [3.8, 4) is 5.75 Å². The Kier molecular flexibility index (Phi) is 6.61. The molecular weight excluding hydrogens is 304 g/mol. The molecular formula is C19H24N2O3. The van der Waals surface area contributed by atoms with Gasteiger partial charge in [-0.2, -0.15) is 0 Å². The van der Waals surface area contributed by atoms with E-state index >= 15 is 0 Å². The van der Waals surface area contributed by atoms with Crippen molar-refractivity contribution in [3.63, 3.8) is 0 Å². The molecule has 2 aromatic carbocycles. The molecule has 0 saturated heterocycles. The van der Waals surface area contributed by atoms with Crippen LogP contribution >= 0.6 is 0 Å². The van der Waals surface area contributed by atoms with Crippen molar-refractivity contribution in [2.45, 2.75) is 45.6 Å². The standard InChI is InChI=1S/C19H24N2O3/c1-3-4-5-10-18(22)20-21-19(23)14(2)24-17-12-11-15-8-6-7-9-16(15)13-17/h6-9,11-14H,3-5,10H2,1-2H3,(H,20,22)(H,21,23)/t14-/m0/s1. The summed E-state index contributed by atoms with van der Waals surface area (Å²) in [6.45, 7) is 3.72. The molecule has 128 valence electrons. The highest BCUT2D eigenvalue weighted by molar-refractivity contribution is 5.85. The molecule has 0 heterocycles. The zero-order valence-corrected chi connectivity index (χ0v) is 14.2. The zero-order valence-electron chi connectivity index (χ0n) is 14.2. The fraction of sp³-hybridized carbons (Fsp3) is 0.368. The second-order valence-corrected chi connectivity index (χ2v) is 5.76. The Balaban J connectivity index is 1.83. The van der Waals surface area contributed by atoms with Gasteiger partial charge in [-0.15, -0.1) is 0 Å². The number of hydrogen-bond donors (Lipinski definition) is 2. The predicted molar refractivity (Wildman–Crippen MR) is 94.5 cm³/mol. The first-order valence-corrected chi connectivity index (χ1v) is 8.34. The van der Waals surface area contributed by atoms with Gasteiger partial charge in [0.25, 0.3) is 5.91 Å². The minimum Gasteiger partial charge on any atom is -0.481 e. The van der Waals surface area contributed by atoms with Crippen molar-refractivity contribution >= 4 is 22.6 Å². The minimum atomic E-state index is -0.706. The Morgan fingerprint density at radius 2 is 1.79 bits per heavy atom. The maximum Gasteiger partial charge on any atom is 0.279 e. The van der Waals surface area contributed by atoms with Crippen molar-refractivity contribution < 1.29 is 14.3 Å². The van der Waals surface area contributed by atoms with E-state index in [9.17, 15) is 9.59 Å². The number of carbonyl (C=O) groups is 2. The summed E-state index contributed by atoms with van der Waals surface area (Å²) >= 11 is 0. The number of fused-ring (bicyclic) bond motifs is 1. The van der Waals surface area contributed by atoms with E-state index in [2.05, 4.69) is 17.8 Å². The van der Waals surface area contributed by atoms with Gasteiger partial charge >= 0.3 is 0 Å². The highest BCUT2D eigenvalue weighted by Gasteiger charge is 2.15. The van der Waals surface area contributed by atoms with E-state index in [0.29, 0.717) is 12.2 Å². The lowest BCUT2D eigenvalue weighted by Gasteiger charge is -2.15. The molecule has 5 heteroatoms. The molecule has 0 fully saturated rings. The predicted octanol–water partition coefficient (Wildman–Crippen LogP) is 3.33. The summed E-state index contributed by atoms with van der Waals surface area (Å²) in [7, 11) is 0. The van der Waals surface area contributed by atoms with Crippen molar-refractivity contribution in [2.24, 2.45) is 0 Å². The SMILES string of the molecule is CCCCCC(=O)NNC(=O)[C@H](C)Oc1ccc2ccccc2c1. The average Bonchev–Trinajstić information content (AvgIpc) is 2.59. The van der Waals surface area contributed by atoms with Crippen LogP contribution < -0.4 is 15.6 Å². The summed E-state index contributed by atoms with van der Waals surface area (Å²) < 4.78 is 5.65. The largest absolute Gasteiger partial charge is 0.481 e. The number of ether oxygens (including phenoxy) is 1. The lowest BCUT2D eigenvalue weighted by Crippen LogP contribution is -2.47. The highest BCUT2D eigenvalue weighted by atomic mass is 16.5. The van der Waals surface area contributed by atoms with Gasteiger partial charge in [0, 0.05) is 6.42 Å². The van der Waals surface area contributed by atoms with Crippen LogP contribution in [0.5, 0.6) is 5.75 Å². The molecule has 0 spiro atoms. The van der Waals surface area contributed by atoms with E-state index in [1.807, 2.05) is 42.5 Å². The van der Waals surface area contributed by atoms with Crippen molar-refractivity contribution in [1.82, 2.24) is 10.9 Å². The normalized spacial score (nSPS) is 11.8. The molecule has 0 aromatic heterocycles. The van der Waals surface area contributed by atoms with Gasteiger partial charge in [0.1, 0.15) is 5.75 Å². The van der Waals surface area contributed by atoms with Crippen molar-refractivity contribution in [3.05, 3.63) is 42.5 Å². The van der Waals surface area contributed by atoms with Crippen LogP contribution in [0.1, 0.15) is 39.5 Å². The van der Waals surface area contributed by atoms with Gasteiger partial charge in [-0.1, -0.05) is 50.1 Å². The molecule has 0 radical (unpaired) electrons. The number of nitrogens with one attached hydrogen (secondary N) is 2. The van der Waals surface area contributed by atoms with Crippen LogP contribution in [0, 0.1) is 0 Å². The average molecular weight is 328 g/mol. The maximum absolute atomic E-state index is 12.0. The zero-order chi connectivity index (χ0) is 17.4. The van der Waals surface area contributed by atoms with E-state index < -0.39 is 6.10 Å². The second-order valence-electron chi connectivity index (χ2n) is 5.76. The van der Waals surface area contributed by atoms with Gasteiger partial charge in [0.15, 0.2) is 6.10 Å². The highest BCUT2D eigenvalue weighted by Crippen LogP contribution is 2.21. The molecule has 0 aliphatic rings. The lowest BCUT2D eigenvalue weighted by molar-refractivity contribution is -0.132. The van der Waals surface area contributed by atoms with Crippen LogP contribution in [-0.4, -0.2) is 17.9 Å². The summed E-state index contributed by atoms with van der Waals surface area (Å²) in [4.78, 5) is 23.6. The van der Waals surface area contributed by atoms with Gasteiger partial charge < -0.3 is 4.74 Å². The Morgan fingerprint density at radius 3 is 2.54 bits per heavy atom. The third-order valence-corrected chi connectivity index (χ3v) is 3.74. The van der Waals surface area contributed by atoms with Gasteiger partial charge in [0.2, 0.25) is 5.91 Å². The van der Waals surface area contributed by atoms with E-state index in [1.54, 1.807) is 6.92 Å². The van der Waals surface area contributed by atoms with Crippen LogP contribution in [-0.2, 0) is 9.59 Å². The van der Waals surface area contributed by atoms with E-state index in [1.165, 1.54) is 0 Å². The van der Waals surface area contributed by atoms with Crippen LogP contribution in [0.4, 0.5) is 0 Å². The number of rotatable bonds is 7. The first-order valence-electron chi connectivity index (χ1n) is 8.34. The first-order chi connectivity index (χ1) is 11.6. The third kappa shape index (κ3) is 5.26. The Morgan fingerprint density at radius 1 is 1.04 bits per heavy atom. The maximum atomic E-state index is 12.0. The quantitative estimate of drug-likeness (QED) is 0.605. The Labute approximate surface area is 142 Å². The van der Waals surface area contributed by atoms with Crippen molar-refractivity contribution in [1.29, 1.82) is 0 Å². The molecule has 0 saturated carbocycles. The molecule has 5 nitrogen and oxygen atoms in total. The molecule has 0 aliphatic heterocycles. The second kappa shape index (κ2) is 8.91. The molecule has 0 aliphatic carbocycles. The van der Waals surface area contributed by atoms with E-state index in [-0.39, 0.29) is 11.8 Å². The fourth-order valence-electron chi connectivity index (χ4n) is 2.33. The minimum absolute atomic E-state index is 0.185. The molecule has 0 bridgehead atoms. The molecule has 2 amide bonds. The van der Waals surface area contributed by atoms with Gasteiger partial charge in [0.05, 0.1) is 0 Å². The van der Waals surface area contributed by atoms with Gasteiger partial charge in [-0.25, -0.2) is 0 Å². The van der Waals surface area contributed by atoms with E-state index in [4.69, 9.17) is 4.74 Å². The number of carbonyl (C=O) groups excluding carboxylic acids is 2. The Bertz CT molecular complexity index is 700. The summed E-state index contributed by atoms with van der Waals surface area (Å²) in [5.74, 6) is 0.0485. The molecule has 2 rings (SSSR count). The fourth-order valence-corrected chi connectivity index (χ4v) is 2.33. The number of hydrazine groups is 1. The summed E-state index contributed by atoms with van der Waals surface area (Å²) in [6, 6.07) is 13.6. The molecule has 2 N–H and O–H groups in total. The van der Waals surface area contributed by atoms with Crippen LogP contribution in [0.25, 0.3) is 10.8 Å². The molecule has 1 atom stereocenters. The summed E-state index contributed by atoms with van der Waals surface area (Å²) in [5.41, 5.74) is 4.82. The van der Waals surface area contributed by atoms with Gasteiger partial charge in [-0.3, -0.25) is 20.4 Å². The lowest BCUT2D eigenvalue weighted by atomic mass is 10.1. The summed E-state index contributed by atoms with van der Waals surface area (Å²) in [6.07, 6.45) is 2.58. The first kappa shape index (κ1) is 17.8. The molecule has 2 aromatic rings. The van der Waals surface area contributed by atoms with Crippen molar-refractivity contribution in [2.75, 3.05) is 0 Å². The molecule has 0 unspecified atom stereocenters. The topological polar surface area (TPSA) is 67.4 Å². The smallest absolute Gasteiger partial charge is 0.279 e. The third-order valence-electron chi connectivity index (χ3n) is 3.74. The van der Waals surface area contributed by atoms with Crippen LogP contribution in [0.15, 0.2) is 42.5 Å². The number of hydrogen-bond acceptors (Lipinski definition) is 3. The number of benzene rings is 2. The number of unbranched alkanes of at least 4 members (excludes halogenated alkanes) is 2.